The Kier molecular flexibility index (Phi) is 5.94. The summed E-state index contributed by atoms with van der Waals surface area (Å²) in [4.78, 5) is 4.88. The van der Waals surface area contributed by atoms with Crippen molar-refractivity contribution in [1.82, 2.24) is 4.57 Å². The van der Waals surface area contributed by atoms with Crippen molar-refractivity contribution in [1.29, 1.82) is 0 Å². The molecule has 5 aromatic carbocycles. The third-order valence-corrected chi connectivity index (χ3v) is 8.65. The van der Waals surface area contributed by atoms with E-state index in [1.165, 1.54) is 39.0 Å². The van der Waals surface area contributed by atoms with Crippen molar-refractivity contribution in [2.45, 2.75) is 6.92 Å². The van der Waals surface area contributed by atoms with Crippen LogP contribution >= 0.6 is 0 Å². The first kappa shape index (κ1) is 25.3. The largest absolute Gasteiger partial charge is 0.311 e. The maximum Gasteiger partial charge on any atom is 0.255 e. The molecule has 0 atom stereocenters. The average Bonchev–Trinajstić information content (AvgIpc) is 3.39. The normalized spacial score (nSPS) is 13.1. The van der Waals surface area contributed by atoms with E-state index in [-0.39, 0.29) is 6.71 Å². The fourth-order valence-electron chi connectivity index (χ4n) is 7.06. The van der Waals surface area contributed by atoms with E-state index in [9.17, 15) is 0 Å². The average molecular weight is 552 g/mol. The number of aromatic nitrogens is 1. The molecule has 0 unspecified atom stereocenters. The van der Waals surface area contributed by atoms with Gasteiger partial charge in [-0.25, -0.2) is 0 Å². The Hall–Kier alpha value is -5.48. The van der Waals surface area contributed by atoms with Crippen molar-refractivity contribution in [3.63, 3.8) is 0 Å². The first-order valence-corrected chi connectivity index (χ1v) is 14.8. The zero-order valence-corrected chi connectivity index (χ0v) is 24.1. The van der Waals surface area contributed by atoms with Crippen molar-refractivity contribution < 1.29 is 0 Å². The Morgan fingerprint density at radius 2 is 1.09 bits per heavy atom. The van der Waals surface area contributed by atoms with Crippen LogP contribution in [0.4, 0.5) is 34.3 Å². The van der Waals surface area contributed by atoms with Gasteiger partial charge in [0.2, 0.25) is 0 Å². The van der Waals surface area contributed by atoms with Crippen molar-refractivity contribution in [2.75, 3.05) is 9.80 Å². The summed E-state index contributed by atoms with van der Waals surface area (Å²) < 4.78 is 2.40. The Morgan fingerprint density at radius 1 is 0.558 bits per heavy atom. The van der Waals surface area contributed by atoms with E-state index in [0.29, 0.717) is 0 Å². The molecule has 2 aliphatic rings. The fraction of sp³-hybridized carbons (Fsp3) is 0.0256. The minimum atomic E-state index is 0.0344. The first-order valence-electron chi connectivity index (χ1n) is 14.8. The van der Waals surface area contributed by atoms with Crippen LogP contribution in [0.25, 0.3) is 17.8 Å². The second-order valence-electron chi connectivity index (χ2n) is 11.0. The molecule has 0 N–H and O–H groups in total. The van der Waals surface area contributed by atoms with Crippen LogP contribution in [0.3, 0.4) is 0 Å². The van der Waals surface area contributed by atoms with Gasteiger partial charge in [0.25, 0.3) is 6.71 Å². The van der Waals surface area contributed by atoms with Crippen molar-refractivity contribution >= 4 is 69.5 Å². The first-order chi connectivity index (χ1) is 21.3. The summed E-state index contributed by atoms with van der Waals surface area (Å²) in [6.07, 6.45) is 6.43. The predicted molar refractivity (Wildman–Crippen MR) is 185 cm³/mol. The number of anilines is 6. The highest BCUT2D eigenvalue weighted by atomic mass is 15.3. The van der Waals surface area contributed by atoms with Crippen LogP contribution < -0.4 is 26.2 Å². The predicted octanol–water partition coefficient (Wildman–Crippen LogP) is 8.24. The van der Waals surface area contributed by atoms with Crippen LogP contribution in [0.5, 0.6) is 0 Å². The number of hydrogen-bond donors (Lipinski definition) is 0. The van der Waals surface area contributed by atoms with Crippen LogP contribution in [-0.2, 0) is 0 Å². The van der Waals surface area contributed by atoms with E-state index in [1.54, 1.807) is 0 Å². The highest BCUT2D eigenvalue weighted by Gasteiger charge is 2.46. The molecule has 204 valence electrons. The summed E-state index contributed by atoms with van der Waals surface area (Å²) >= 11 is 0. The number of rotatable bonds is 5. The number of fused-ring (bicyclic) bond motifs is 4. The van der Waals surface area contributed by atoms with Crippen LogP contribution in [0.15, 0.2) is 146 Å². The quantitative estimate of drug-likeness (QED) is 0.200. The lowest BCUT2D eigenvalue weighted by molar-refractivity contribution is 1.03. The molecule has 0 radical (unpaired) electrons. The molecule has 0 bridgehead atoms. The minimum Gasteiger partial charge on any atom is -0.311 e. The number of allylic oxidation sites excluding steroid dienone is 1. The minimum absolute atomic E-state index is 0.0344. The van der Waals surface area contributed by atoms with Gasteiger partial charge in [0, 0.05) is 34.1 Å². The van der Waals surface area contributed by atoms with Crippen LogP contribution in [0.2, 0.25) is 0 Å². The van der Waals surface area contributed by atoms with E-state index in [4.69, 9.17) is 0 Å². The van der Waals surface area contributed by atoms with Crippen molar-refractivity contribution in [3.8, 4) is 5.69 Å². The monoisotopic (exact) mass is 551 g/mol. The summed E-state index contributed by atoms with van der Waals surface area (Å²) in [5.41, 5.74) is 13.2. The zero-order valence-electron chi connectivity index (χ0n) is 24.1. The van der Waals surface area contributed by atoms with Crippen molar-refractivity contribution in [2.24, 2.45) is 0 Å². The van der Waals surface area contributed by atoms with Gasteiger partial charge in [-0.1, -0.05) is 97.6 Å². The smallest absolute Gasteiger partial charge is 0.255 e. The molecule has 0 saturated heterocycles. The maximum absolute atomic E-state index is 4.35. The van der Waals surface area contributed by atoms with E-state index >= 15 is 0 Å². The summed E-state index contributed by atoms with van der Waals surface area (Å²) in [6, 6.07) is 47.8. The molecule has 6 aromatic rings. The third-order valence-electron chi connectivity index (χ3n) is 8.65. The molecule has 4 heteroatoms. The van der Waals surface area contributed by atoms with Gasteiger partial charge in [-0.15, -0.1) is 0 Å². The summed E-state index contributed by atoms with van der Waals surface area (Å²) in [6.45, 7) is 6.48. The lowest BCUT2D eigenvalue weighted by Crippen LogP contribution is -2.61. The fourth-order valence-corrected chi connectivity index (χ4v) is 7.06. The van der Waals surface area contributed by atoms with Crippen LogP contribution in [-0.4, -0.2) is 11.3 Å². The molecule has 2 aliphatic heterocycles. The molecule has 0 spiro atoms. The number of hydrogen-bond acceptors (Lipinski definition) is 2. The molecule has 43 heavy (non-hydrogen) atoms. The number of para-hydroxylation sites is 4. The lowest BCUT2D eigenvalue weighted by Gasteiger charge is -2.43. The van der Waals surface area contributed by atoms with E-state index in [1.807, 2.05) is 6.08 Å². The highest BCUT2D eigenvalue weighted by Crippen LogP contribution is 2.46. The summed E-state index contributed by atoms with van der Waals surface area (Å²) in [7, 11) is 0. The number of benzene rings is 5. The highest BCUT2D eigenvalue weighted by molar-refractivity contribution is 7.00. The maximum atomic E-state index is 4.35. The molecule has 0 aliphatic carbocycles. The lowest BCUT2D eigenvalue weighted by atomic mass is 9.33. The van der Waals surface area contributed by atoms with Crippen molar-refractivity contribution in [3.05, 3.63) is 157 Å². The zero-order chi connectivity index (χ0) is 28.9. The van der Waals surface area contributed by atoms with Crippen LogP contribution in [0.1, 0.15) is 18.2 Å². The third kappa shape index (κ3) is 3.70. The van der Waals surface area contributed by atoms with E-state index in [2.05, 4.69) is 173 Å². The van der Waals surface area contributed by atoms with Gasteiger partial charge in [-0.05, 0) is 89.5 Å². The molecule has 1 aromatic heterocycles. The SMILES string of the molecule is C=Cc1c(/C=C\C)c2c(n1-c1ccccc1)N(c1ccccc1)c1cccc3c1B2c1ccccc1N3c1ccccc1. The summed E-state index contributed by atoms with van der Waals surface area (Å²) in [5, 5.41) is 0. The molecule has 3 heterocycles. The molecule has 3 nitrogen and oxygen atoms in total. The molecule has 0 saturated carbocycles. The molecular formula is C39H30BN3. The van der Waals surface area contributed by atoms with Crippen LogP contribution in [0, 0.1) is 0 Å². The Balaban J connectivity index is 1.55. The Labute approximate surface area is 253 Å². The van der Waals surface area contributed by atoms with Gasteiger partial charge in [-0.3, -0.25) is 9.47 Å². The molecule has 8 rings (SSSR count). The topological polar surface area (TPSA) is 11.4 Å². The van der Waals surface area contributed by atoms with E-state index in [0.717, 1.165) is 28.6 Å². The second kappa shape index (κ2) is 10.1. The standard InChI is InChI=1S/C39H30BN3/c1-3-17-31-33(4-2)42(29-20-10-6-11-21-29)39-37(31)40-32-24-14-15-25-34(32)41(28-18-8-5-9-19-28)35-26-16-27-36(38(35)40)43(39)30-22-12-7-13-23-30/h3-27H,2H2,1H3/b17-3-. The van der Waals surface area contributed by atoms with Gasteiger partial charge >= 0.3 is 0 Å². The number of nitrogens with zero attached hydrogens (tertiary/aromatic N) is 3. The molecular weight excluding hydrogens is 521 g/mol. The van der Waals surface area contributed by atoms with E-state index < -0.39 is 0 Å². The van der Waals surface area contributed by atoms with Gasteiger partial charge in [0.15, 0.2) is 0 Å². The summed E-state index contributed by atoms with van der Waals surface area (Å²) in [5.74, 6) is 1.15. The second-order valence-corrected chi connectivity index (χ2v) is 11.0. The van der Waals surface area contributed by atoms with Gasteiger partial charge in [0.05, 0.1) is 5.69 Å². The Morgan fingerprint density at radius 3 is 1.72 bits per heavy atom. The molecule has 0 fully saturated rings. The van der Waals surface area contributed by atoms with Gasteiger partial charge in [-0.2, -0.15) is 0 Å². The van der Waals surface area contributed by atoms with Gasteiger partial charge < -0.3 is 4.90 Å². The Bertz CT molecular complexity index is 2010. The van der Waals surface area contributed by atoms with Gasteiger partial charge in [0.1, 0.15) is 5.82 Å². The molecule has 0 amide bonds.